The minimum atomic E-state index is -3.88. The van der Waals surface area contributed by atoms with Crippen LogP contribution in [-0.2, 0) is 10.0 Å². The van der Waals surface area contributed by atoms with Crippen LogP contribution >= 0.6 is 0 Å². The smallest absolute Gasteiger partial charge is 0.240 e. The number of nitrogens with one attached hydrogen (secondary N) is 2. The van der Waals surface area contributed by atoms with Crippen LogP contribution in [0.1, 0.15) is 6.92 Å². The molecule has 0 spiro atoms. The second kappa shape index (κ2) is 6.21. The first kappa shape index (κ1) is 15.0. The Hall–Kier alpha value is -1.05. The van der Waals surface area contributed by atoms with Crippen LogP contribution in [-0.4, -0.2) is 28.6 Å². The highest BCUT2D eigenvalue weighted by Crippen LogP contribution is 2.13. The first-order valence-corrected chi connectivity index (χ1v) is 6.94. The molecule has 0 aliphatic carbocycles. The fourth-order valence-electron chi connectivity index (χ4n) is 1.44. The third-order valence-electron chi connectivity index (χ3n) is 2.32. The third-order valence-corrected chi connectivity index (χ3v) is 3.72. The average molecular weight is 278 g/mol. The minimum Gasteiger partial charge on any atom is -0.319 e. The highest BCUT2D eigenvalue weighted by Gasteiger charge is 2.17. The van der Waals surface area contributed by atoms with E-state index in [1.54, 1.807) is 7.05 Å². The van der Waals surface area contributed by atoms with Crippen LogP contribution in [0.3, 0.4) is 0 Å². The molecule has 0 aliphatic rings. The van der Waals surface area contributed by atoms with Crippen molar-refractivity contribution >= 4 is 10.0 Å². The predicted octanol–water partition coefficient (Wildman–Crippen LogP) is 1.10. The maximum absolute atomic E-state index is 12.9. The monoisotopic (exact) mass is 278 g/mol. The van der Waals surface area contributed by atoms with Crippen LogP contribution in [0.5, 0.6) is 0 Å². The lowest BCUT2D eigenvalue weighted by atomic mass is 10.2. The molecule has 1 aromatic carbocycles. The lowest BCUT2D eigenvalue weighted by molar-refractivity contribution is 0.517. The summed E-state index contributed by atoms with van der Waals surface area (Å²) in [6.45, 7) is 2.69. The van der Waals surface area contributed by atoms with Gasteiger partial charge in [0.05, 0.1) is 4.90 Å². The fourth-order valence-corrected chi connectivity index (χ4v) is 2.65. The van der Waals surface area contributed by atoms with Gasteiger partial charge in [0.2, 0.25) is 10.0 Å². The van der Waals surface area contributed by atoms with Gasteiger partial charge in [0, 0.05) is 12.6 Å². The van der Waals surface area contributed by atoms with Gasteiger partial charge < -0.3 is 5.32 Å². The molecule has 0 aromatic heterocycles. The quantitative estimate of drug-likeness (QED) is 0.819. The predicted molar refractivity (Wildman–Crippen MR) is 64.6 cm³/mol. The highest BCUT2D eigenvalue weighted by molar-refractivity contribution is 7.89. The molecule has 7 heteroatoms. The summed E-state index contributed by atoms with van der Waals surface area (Å²) in [5, 5.41) is 2.91. The summed E-state index contributed by atoms with van der Waals surface area (Å²) in [6, 6.07) is 2.20. The van der Waals surface area contributed by atoms with E-state index in [0.717, 1.165) is 12.1 Å². The van der Waals surface area contributed by atoms with E-state index in [1.807, 2.05) is 6.92 Å². The van der Waals surface area contributed by atoms with E-state index in [4.69, 9.17) is 0 Å². The third kappa shape index (κ3) is 4.32. The van der Waals surface area contributed by atoms with Crippen LogP contribution < -0.4 is 10.0 Å². The minimum absolute atomic E-state index is 0.0724. The summed E-state index contributed by atoms with van der Waals surface area (Å²) >= 11 is 0. The van der Waals surface area contributed by atoms with Gasteiger partial charge >= 0.3 is 0 Å². The molecule has 1 aromatic rings. The van der Waals surface area contributed by atoms with Crippen molar-refractivity contribution in [1.82, 2.24) is 10.0 Å². The molecule has 102 valence electrons. The number of halogens is 2. The number of sulfonamides is 1. The topological polar surface area (TPSA) is 58.2 Å². The van der Waals surface area contributed by atoms with Gasteiger partial charge in [0.1, 0.15) is 11.6 Å². The van der Waals surface area contributed by atoms with Crippen LogP contribution in [0.25, 0.3) is 0 Å². The van der Waals surface area contributed by atoms with Crippen molar-refractivity contribution in [3.63, 3.8) is 0 Å². The van der Waals surface area contributed by atoms with E-state index >= 15 is 0 Å². The zero-order chi connectivity index (χ0) is 13.8. The zero-order valence-electron chi connectivity index (χ0n) is 10.2. The molecule has 0 amide bonds. The Bertz CT molecular complexity index is 486. The molecule has 1 unspecified atom stereocenters. The van der Waals surface area contributed by atoms with Crippen molar-refractivity contribution in [2.24, 2.45) is 5.92 Å². The molecular formula is C11H16F2N2O2S. The molecule has 0 heterocycles. The Balaban J connectivity index is 2.80. The van der Waals surface area contributed by atoms with Crippen molar-refractivity contribution in [1.29, 1.82) is 0 Å². The molecule has 1 atom stereocenters. The van der Waals surface area contributed by atoms with Gasteiger partial charge in [-0.2, -0.15) is 0 Å². The van der Waals surface area contributed by atoms with Crippen LogP contribution in [0, 0.1) is 17.6 Å². The van der Waals surface area contributed by atoms with Crippen molar-refractivity contribution in [2.45, 2.75) is 11.8 Å². The summed E-state index contributed by atoms with van der Waals surface area (Å²) in [4.78, 5) is -0.406. The molecule has 0 aliphatic heterocycles. The van der Waals surface area contributed by atoms with E-state index < -0.39 is 26.6 Å². The number of hydrogen-bond acceptors (Lipinski definition) is 3. The fraction of sp³-hybridized carbons (Fsp3) is 0.455. The molecule has 0 bridgehead atoms. The zero-order valence-corrected chi connectivity index (χ0v) is 11.0. The van der Waals surface area contributed by atoms with Crippen molar-refractivity contribution < 1.29 is 17.2 Å². The summed E-state index contributed by atoms with van der Waals surface area (Å²) in [7, 11) is -2.12. The molecule has 0 radical (unpaired) electrons. The van der Waals surface area contributed by atoms with Crippen LogP contribution in [0.15, 0.2) is 23.1 Å². The van der Waals surface area contributed by atoms with Gasteiger partial charge in [0.25, 0.3) is 0 Å². The summed E-state index contributed by atoms with van der Waals surface area (Å²) < 4.78 is 51.7. The van der Waals surface area contributed by atoms with Gasteiger partial charge in [-0.25, -0.2) is 21.9 Å². The van der Waals surface area contributed by atoms with Crippen LogP contribution in [0.2, 0.25) is 0 Å². The van der Waals surface area contributed by atoms with Crippen LogP contribution in [0.4, 0.5) is 8.78 Å². The largest absolute Gasteiger partial charge is 0.319 e. The Labute approximate surface area is 105 Å². The Morgan fingerprint density at radius 2 is 1.72 bits per heavy atom. The molecule has 0 saturated carbocycles. The number of rotatable bonds is 6. The molecule has 1 rings (SSSR count). The molecule has 0 fully saturated rings. The Morgan fingerprint density at radius 1 is 1.17 bits per heavy atom. The Kier molecular flexibility index (Phi) is 5.18. The SMILES string of the molecule is CNCC(C)CNS(=O)(=O)c1cc(F)cc(F)c1. The van der Waals surface area contributed by atoms with Gasteiger partial charge in [-0.1, -0.05) is 6.92 Å². The van der Waals surface area contributed by atoms with E-state index in [9.17, 15) is 17.2 Å². The maximum Gasteiger partial charge on any atom is 0.240 e. The maximum atomic E-state index is 12.9. The van der Waals surface area contributed by atoms with Gasteiger partial charge in [-0.15, -0.1) is 0 Å². The first-order chi connectivity index (χ1) is 8.35. The molecular weight excluding hydrogens is 262 g/mol. The molecule has 2 N–H and O–H groups in total. The normalized spacial score (nSPS) is 13.6. The van der Waals surface area contributed by atoms with E-state index in [2.05, 4.69) is 10.0 Å². The summed E-state index contributed by atoms with van der Waals surface area (Å²) in [6.07, 6.45) is 0. The first-order valence-electron chi connectivity index (χ1n) is 5.45. The number of benzene rings is 1. The van der Waals surface area contributed by atoms with Gasteiger partial charge in [-0.3, -0.25) is 0 Å². The molecule has 4 nitrogen and oxygen atoms in total. The lowest BCUT2D eigenvalue weighted by Gasteiger charge is -2.12. The summed E-state index contributed by atoms with van der Waals surface area (Å²) in [5.74, 6) is -1.76. The lowest BCUT2D eigenvalue weighted by Crippen LogP contribution is -2.32. The van der Waals surface area contributed by atoms with E-state index in [-0.39, 0.29) is 12.5 Å². The standard InChI is InChI=1S/C11H16F2N2O2S/c1-8(6-14-2)7-15-18(16,17)11-4-9(12)3-10(13)5-11/h3-5,8,14-15H,6-7H2,1-2H3. The average Bonchev–Trinajstić information content (AvgIpc) is 2.26. The summed E-state index contributed by atoms with van der Waals surface area (Å²) in [5.41, 5.74) is 0. The van der Waals surface area contributed by atoms with Crippen molar-refractivity contribution in [3.05, 3.63) is 29.8 Å². The van der Waals surface area contributed by atoms with E-state index in [1.165, 1.54) is 0 Å². The molecule has 0 saturated heterocycles. The highest BCUT2D eigenvalue weighted by atomic mass is 32.2. The van der Waals surface area contributed by atoms with Crippen molar-refractivity contribution in [2.75, 3.05) is 20.1 Å². The van der Waals surface area contributed by atoms with E-state index in [0.29, 0.717) is 12.6 Å². The second-order valence-corrected chi connectivity index (χ2v) is 5.89. The second-order valence-electron chi connectivity index (χ2n) is 4.12. The van der Waals surface area contributed by atoms with Gasteiger partial charge in [-0.05, 0) is 31.6 Å². The van der Waals surface area contributed by atoms with Gasteiger partial charge in [0.15, 0.2) is 0 Å². The molecule has 18 heavy (non-hydrogen) atoms. The number of hydrogen-bond donors (Lipinski definition) is 2. The Morgan fingerprint density at radius 3 is 2.22 bits per heavy atom. The van der Waals surface area contributed by atoms with Crippen molar-refractivity contribution in [3.8, 4) is 0 Å².